The molecular formula is C11H20O4. The van der Waals surface area contributed by atoms with Crippen LogP contribution in [0.2, 0.25) is 0 Å². The van der Waals surface area contributed by atoms with E-state index in [0.717, 1.165) is 0 Å². The summed E-state index contributed by atoms with van der Waals surface area (Å²) in [5.74, 6) is -1.22. The molecule has 15 heavy (non-hydrogen) atoms. The summed E-state index contributed by atoms with van der Waals surface area (Å²) in [5.41, 5.74) is -1.70. The van der Waals surface area contributed by atoms with Gasteiger partial charge in [-0.15, -0.1) is 0 Å². The second-order valence-corrected chi connectivity index (χ2v) is 4.86. The number of Topliss-reactive ketones (excluding diaryl/α,β-unsaturated/α-hetero) is 1. The van der Waals surface area contributed by atoms with Crippen molar-refractivity contribution in [3.63, 3.8) is 0 Å². The van der Waals surface area contributed by atoms with Crippen LogP contribution in [0.4, 0.5) is 0 Å². The van der Waals surface area contributed by atoms with Gasteiger partial charge in [0.25, 0.3) is 0 Å². The molecule has 0 rings (SSSR count). The number of hydrogen-bond acceptors (Lipinski definition) is 3. The molecule has 0 saturated carbocycles. The molecule has 0 aromatic heterocycles. The first kappa shape index (κ1) is 14.1. The molecule has 1 unspecified atom stereocenters. The van der Waals surface area contributed by atoms with E-state index in [1.54, 1.807) is 20.8 Å². The molecule has 0 heterocycles. The van der Waals surface area contributed by atoms with Crippen molar-refractivity contribution >= 4 is 11.8 Å². The summed E-state index contributed by atoms with van der Waals surface area (Å²) in [6, 6.07) is 0. The first-order valence-corrected chi connectivity index (χ1v) is 5.07. The Labute approximate surface area is 90.3 Å². The van der Waals surface area contributed by atoms with Gasteiger partial charge in [0, 0.05) is 5.41 Å². The minimum absolute atomic E-state index is 0.241. The maximum Gasteiger partial charge on any atom is 0.309 e. The van der Waals surface area contributed by atoms with Gasteiger partial charge in [0.2, 0.25) is 0 Å². The van der Waals surface area contributed by atoms with Crippen LogP contribution in [0, 0.1) is 10.8 Å². The van der Waals surface area contributed by atoms with E-state index >= 15 is 0 Å². The Balaban J connectivity index is 4.86. The van der Waals surface area contributed by atoms with Crippen LogP contribution in [0.1, 0.15) is 40.5 Å². The minimum Gasteiger partial charge on any atom is -0.481 e. The predicted molar refractivity (Wildman–Crippen MR) is 56.5 cm³/mol. The van der Waals surface area contributed by atoms with Crippen molar-refractivity contribution in [3.8, 4) is 0 Å². The van der Waals surface area contributed by atoms with E-state index in [-0.39, 0.29) is 12.2 Å². The molecule has 0 aliphatic heterocycles. The number of ketones is 1. The Bertz CT molecular complexity index is 257. The summed E-state index contributed by atoms with van der Waals surface area (Å²) in [4.78, 5) is 22.5. The fourth-order valence-corrected chi connectivity index (χ4v) is 1.66. The maximum atomic E-state index is 11.5. The average molecular weight is 216 g/mol. The fourth-order valence-electron chi connectivity index (χ4n) is 1.66. The number of aliphatic hydroxyl groups is 1. The highest BCUT2D eigenvalue weighted by Crippen LogP contribution is 2.37. The van der Waals surface area contributed by atoms with E-state index in [4.69, 9.17) is 10.2 Å². The lowest BCUT2D eigenvalue weighted by molar-refractivity contribution is -0.150. The Kier molecular flexibility index (Phi) is 4.46. The van der Waals surface area contributed by atoms with Crippen LogP contribution < -0.4 is 0 Å². The second kappa shape index (κ2) is 4.75. The molecule has 2 N–H and O–H groups in total. The number of carboxylic acids is 1. The zero-order valence-electron chi connectivity index (χ0n) is 9.83. The standard InChI is InChI=1S/C11H20O4/c1-5-11(4,8(13)6-12)7-10(2,3)9(14)15/h12H,5-7H2,1-4H3,(H,14,15). The molecule has 1 atom stereocenters. The molecule has 4 nitrogen and oxygen atoms in total. The lowest BCUT2D eigenvalue weighted by Gasteiger charge is -2.32. The van der Waals surface area contributed by atoms with Crippen molar-refractivity contribution in [2.24, 2.45) is 10.8 Å². The van der Waals surface area contributed by atoms with E-state index in [2.05, 4.69) is 0 Å². The SMILES string of the molecule is CCC(C)(CC(C)(C)C(=O)O)C(=O)CO. The highest BCUT2D eigenvalue weighted by molar-refractivity contribution is 5.86. The molecule has 0 aliphatic rings. The fraction of sp³-hybridized carbons (Fsp3) is 0.818. The third-order valence-electron chi connectivity index (χ3n) is 3.01. The van der Waals surface area contributed by atoms with Crippen molar-refractivity contribution in [2.45, 2.75) is 40.5 Å². The van der Waals surface area contributed by atoms with Crippen LogP contribution in [0.3, 0.4) is 0 Å². The van der Waals surface area contributed by atoms with Crippen LogP contribution in [0.15, 0.2) is 0 Å². The van der Waals surface area contributed by atoms with Crippen molar-refractivity contribution in [2.75, 3.05) is 6.61 Å². The largest absolute Gasteiger partial charge is 0.481 e. The topological polar surface area (TPSA) is 74.6 Å². The number of hydrogen-bond donors (Lipinski definition) is 2. The molecule has 0 aromatic carbocycles. The summed E-state index contributed by atoms with van der Waals surface area (Å²) in [7, 11) is 0. The van der Waals surface area contributed by atoms with Gasteiger partial charge < -0.3 is 10.2 Å². The van der Waals surface area contributed by atoms with Gasteiger partial charge in [0.15, 0.2) is 5.78 Å². The van der Waals surface area contributed by atoms with Gasteiger partial charge in [-0.1, -0.05) is 13.8 Å². The van der Waals surface area contributed by atoms with Gasteiger partial charge >= 0.3 is 5.97 Å². The van der Waals surface area contributed by atoms with Crippen LogP contribution in [-0.4, -0.2) is 28.6 Å². The normalized spacial score (nSPS) is 15.8. The third kappa shape index (κ3) is 3.30. The van der Waals surface area contributed by atoms with Crippen LogP contribution in [0.25, 0.3) is 0 Å². The van der Waals surface area contributed by atoms with Gasteiger partial charge in [-0.3, -0.25) is 9.59 Å². The molecule has 0 aromatic rings. The number of carbonyl (C=O) groups is 2. The zero-order chi connectivity index (χ0) is 12.3. The Morgan fingerprint density at radius 3 is 1.93 bits per heavy atom. The molecule has 0 saturated heterocycles. The molecular weight excluding hydrogens is 196 g/mol. The lowest BCUT2D eigenvalue weighted by Crippen LogP contribution is -2.38. The second-order valence-electron chi connectivity index (χ2n) is 4.86. The zero-order valence-corrected chi connectivity index (χ0v) is 9.83. The molecule has 0 aliphatic carbocycles. The molecule has 4 heteroatoms. The Morgan fingerprint density at radius 1 is 1.20 bits per heavy atom. The van der Waals surface area contributed by atoms with E-state index < -0.39 is 23.4 Å². The summed E-state index contributed by atoms with van der Waals surface area (Å²) < 4.78 is 0. The molecule has 88 valence electrons. The molecule has 0 spiro atoms. The van der Waals surface area contributed by atoms with Crippen LogP contribution in [-0.2, 0) is 9.59 Å². The Hall–Kier alpha value is -0.900. The van der Waals surface area contributed by atoms with Crippen LogP contribution in [0.5, 0.6) is 0 Å². The Morgan fingerprint density at radius 2 is 1.67 bits per heavy atom. The molecule has 0 bridgehead atoms. The highest BCUT2D eigenvalue weighted by Gasteiger charge is 2.40. The molecule has 0 amide bonds. The van der Waals surface area contributed by atoms with Crippen molar-refractivity contribution < 1.29 is 19.8 Å². The van der Waals surface area contributed by atoms with Crippen molar-refractivity contribution in [3.05, 3.63) is 0 Å². The predicted octanol–water partition coefficient (Wildman–Crippen LogP) is 1.47. The quantitative estimate of drug-likeness (QED) is 0.705. The number of aliphatic hydroxyl groups excluding tert-OH is 1. The molecule has 0 radical (unpaired) electrons. The van der Waals surface area contributed by atoms with E-state index in [9.17, 15) is 9.59 Å². The van der Waals surface area contributed by atoms with E-state index in [0.29, 0.717) is 6.42 Å². The summed E-state index contributed by atoms with van der Waals surface area (Å²) in [5, 5.41) is 17.8. The van der Waals surface area contributed by atoms with E-state index in [1.807, 2.05) is 6.92 Å². The maximum absolute atomic E-state index is 11.5. The van der Waals surface area contributed by atoms with Gasteiger partial charge in [-0.25, -0.2) is 0 Å². The average Bonchev–Trinajstić information content (AvgIpc) is 2.15. The molecule has 0 fully saturated rings. The summed E-state index contributed by atoms with van der Waals surface area (Å²) >= 11 is 0. The highest BCUT2D eigenvalue weighted by atomic mass is 16.4. The van der Waals surface area contributed by atoms with Crippen molar-refractivity contribution in [1.82, 2.24) is 0 Å². The monoisotopic (exact) mass is 216 g/mol. The smallest absolute Gasteiger partial charge is 0.309 e. The van der Waals surface area contributed by atoms with Gasteiger partial charge in [-0.05, 0) is 26.7 Å². The number of rotatable bonds is 6. The van der Waals surface area contributed by atoms with Gasteiger partial charge in [0.1, 0.15) is 6.61 Å². The number of carboxylic acid groups (broad SMARTS) is 1. The van der Waals surface area contributed by atoms with Gasteiger partial charge in [0.05, 0.1) is 5.41 Å². The summed E-state index contributed by atoms with van der Waals surface area (Å²) in [6.07, 6.45) is 0.772. The lowest BCUT2D eigenvalue weighted by atomic mass is 9.70. The summed E-state index contributed by atoms with van der Waals surface area (Å²) in [6.45, 7) is 6.18. The first-order chi connectivity index (χ1) is 6.69. The first-order valence-electron chi connectivity index (χ1n) is 5.07. The van der Waals surface area contributed by atoms with Crippen molar-refractivity contribution in [1.29, 1.82) is 0 Å². The van der Waals surface area contributed by atoms with E-state index in [1.165, 1.54) is 0 Å². The van der Waals surface area contributed by atoms with Crippen LogP contribution >= 0.6 is 0 Å². The number of carbonyl (C=O) groups excluding carboxylic acids is 1. The minimum atomic E-state index is -0.949. The third-order valence-corrected chi connectivity index (χ3v) is 3.01. The van der Waals surface area contributed by atoms with Gasteiger partial charge in [-0.2, -0.15) is 0 Å². The number of aliphatic carboxylic acids is 1.